The van der Waals surface area contributed by atoms with E-state index in [1.165, 1.54) is 51.1 Å². The smallest absolute Gasteiger partial charge is 0.335 e. The summed E-state index contributed by atoms with van der Waals surface area (Å²) in [4.78, 5) is 21.2. The average Bonchev–Trinajstić information content (AvgIpc) is 2.87. The van der Waals surface area contributed by atoms with Crippen LogP contribution in [0.4, 0.5) is 0 Å². The highest BCUT2D eigenvalue weighted by atomic mass is 16.4. The van der Waals surface area contributed by atoms with Crippen LogP contribution in [0.25, 0.3) is 0 Å². The molecule has 0 atom stereocenters. The fraction of sp³-hybridized carbons (Fsp3) is 0.385. The van der Waals surface area contributed by atoms with Crippen LogP contribution in [-0.4, -0.2) is 35.2 Å². The van der Waals surface area contributed by atoms with Crippen LogP contribution >= 0.6 is 0 Å². The van der Waals surface area contributed by atoms with E-state index in [1.54, 1.807) is 0 Å². The number of hydrogen-bond donors (Lipinski definition) is 3. The van der Waals surface area contributed by atoms with Gasteiger partial charge in [0.2, 0.25) is 0 Å². The van der Waals surface area contributed by atoms with Gasteiger partial charge < -0.3 is 15.5 Å². The van der Waals surface area contributed by atoms with Crippen LogP contribution in [-0.2, 0) is 0 Å². The molecule has 2 rings (SSSR count). The van der Waals surface area contributed by atoms with Gasteiger partial charge in [0, 0.05) is 0 Å². The summed E-state index contributed by atoms with van der Waals surface area (Å²) in [5.41, 5.74) is 0.335. The van der Waals surface area contributed by atoms with Crippen molar-refractivity contribution in [2.75, 3.05) is 13.1 Å². The largest absolute Gasteiger partial charge is 0.478 e. The Morgan fingerprint density at radius 1 is 1.06 bits per heavy atom. The van der Waals surface area contributed by atoms with Gasteiger partial charge >= 0.3 is 11.9 Å². The Hall–Kier alpha value is -1.88. The third-order valence-electron chi connectivity index (χ3n) is 2.75. The number of nitrogens with one attached hydrogen (secondary N) is 1. The molecule has 0 spiro atoms. The molecule has 1 heterocycles. The zero-order chi connectivity index (χ0) is 13.5. The van der Waals surface area contributed by atoms with E-state index < -0.39 is 11.9 Å². The van der Waals surface area contributed by atoms with E-state index in [2.05, 4.69) is 5.32 Å². The van der Waals surface area contributed by atoms with Gasteiger partial charge in [-0.1, -0.05) is 6.07 Å². The van der Waals surface area contributed by atoms with E-state index in [0.29, 0.717) is 0 Å². The van der Waals surface area contributed by atoms with Crippen molar-refractivity contribution in [2.24, 2.45) is 0 Å². The van der Waals surface area contributed by atoms with Crippen LogP contribution in [0.2, 0.25) is 0 Å². The van der Waals surface area contributed by atoms with E-state index >= 15 is 0 Å². The number of rotatable bonds is 2. The molecule has 5 nitrogen and oxygen atoms in total. The first kappa shape index (κ1) is 14.2. The molecule has 98 valence electrons. The molecule has 0 radical (unpaired) electrons. The van der Waals surface area contributed by atoms with Gasteiger partial charge in [-0.05, 0) is 50.6 Å². The summed E-state index contributed by atoms with van der Waals surface area (Å²) in [7, 11) is 0. The lowest BCUT2D eigenvalue weighted by Crippen LogP contribution is -2.06. The summed E-state index contributed by atoms with van der Waals surface area (Å²) < 4.78 is 0. The maximum Gasteiger partial charge on any atom is 0.335 e. The van der Waals surface area contributed by atoms with Gasteiger partial charge in [-0.25, -0.2) is 9.59 Å². The third-order valence-corrected chi connectivity index (χ3v) is 2.75. The molecule has 3 N–H and O–H groups in total. The SMILES string of the molecule is C1CCNC1.Cc1c(C(=O)O)cccc1C(=O)O. The molecule has 5 heteroatoms. The van der Waals surface area contributed by atoms with Crippen LogP contribution in [0, 0.1) is 6.92 Å². The topological polar surface area (TPSA) is 86.6 Å². The van der Waals surface area contributed by atoms with Crippen molar-refractivity contribution >= 4 is 11.9 Å². The second kappa shape index (κ2) is 6.76. The normalized spacial score (nSPS) is 13.6. The van der Waals surface area contributed by atoms with Crippen molar-refractivity contribution in [1.29, 1.82) is 0 Å². The molecule has 0 bridgehead atoms. The molecule has 1 saturated heterocycles. The van der Waals surface area contributed by atoms with Crippen molar-refractivity contribution in [3.05, 3.63) is 34.9 Å². The maximum absolute atomic E-state index is 10.6. The molecular weight excluding hydrogens is 234 g/mol. The fourth-order valence-electron chi connectivity index (χ4n) is 1.72. The van der Waals surface area contributed by atoms with Crippen LogP contribution in [0.15, 0.2) is 18.2 Å². The summed E-state index contributed by atoms with van der Waals surface area (Å²) in [6.45, 7) is 3.98. The molecule has 1 aliphatic rings. The lowest BCUT2D eigenvalue weighted by molar-refractivity contribution is 0.0696. The highest BCUT2D eigenvalue weighted by molar-refractivity contribution is 5.96. The lowest BCUT2D eigenvalue weighted by atomic mass is 10.0. The molecule has 1 fully saturated rings. The number of hydrogen-bond acceptors (Lipinski definition) is 3. The van der Waals surface area contributed by atoms with Gasteiger partial charge in [0.1, 0.15) is 0 Å². The Morgan fingerprint density at radius 3 is 1.78 bits per heavy atom. The van der Waals surface area contributed by atoms with Crippen molar-refractivity contribution in [3.63, 3.8) is 0 Å². The minimum Gasteiger partial charge on any atom is -0.478 e. The molecule has 18 heavy (non-hydrogen) atoms. The highest BCUT2D eigenvalue weighted by Gasteiger charge is 2.13. The van der Waals surface area contributed by atoms with Crippen molar-refractivity contribution in [2.45, 2.75) is 19.8 Å². The molecule has 0 saturated carbocycles. The van der Waals surface area contributed by atoms with E-state index in [9.17, 15) is 9.59 Å². The zero-order valence-electron chi connectivity index (χ0n) is 10.3. The first-order valence-corrected chi connectivity index (χ1v) is 5.81. The van der Waals surface area contributed by atoms with Gasteiger partial charge in [0.15, 0.2) is 0 Å². The van der Waals surface area contributed by atoms with Gasteiger partial charge in [-0.3, -0.25) is 0 Å². The second-order valence-corrected chi connectivity index (χ2v) is 4.05. The molecule has 0 amide bonds. The molecule has 0 unspecified atom stereocenters. The van der Waals surface area contributed by atoms with Crippen molar-refractivity contribution < 1.29 is 19.8 Å². The number of carboxylic acid groups (broad SMARTS) is 2. The van der Waals surface area contributed by atoms with E-state index in [-0.39, 0.29) is 16.7 Å². The molecule has 1 aliphatic heterocycles. The number of aromatic carboxylic acids is 2. The number of benzene rings is 1. The Labute approximate surface area is 105 Å². The van der Waals surface area contributed by atoms with Gasteiger partial charge in [0.25, 0.3) is 0 Å². The fourth-order valence-corrected chi connectivity index (χ4v) is 1.72. The second-order valence-electron chi connectivity index (χ2n) is 4.05. The molecule has 0 aliphatic carbocycles. The van der Waals surface area contributed by atoms with Gasteiger partial charge in [-0.15, -0.1) is 0 Å². The summed E-state index contributed by atoms with van der Waals surface area (Å²) in [5, 5.41) is 20.6. The molecule has 1 aromatic rings. The summed E-state index contributed by atoms with van der Waals surface area (Å²) in [6.07, 6.45) is 2.78. The highest BCUT2D eigenvalue weighted by Crippen LogP contribution is 2.13. The Balaban J connectivity index is 0.000000269. The minimum atomic E-state index is -1.11. The average molecular weight is 251 g/mol. The first-order chi connectivity index (χ1) is 8.54. The predicted octanol–water partition coefficient (Wildman–Crippen LogP) is 1.76. The number of carboxylic acids is 2. The van der Waals surface area contributed by atoms with E-state index in [4.69, 9.17) is 10.2 Å². The van der Waals surface area contributed by atoms with Gasteiger partial charge in [-0.2, -0.15) is 0 Å². The van der Waals surface area contributed by atoms with Gasteiger partial charge in [0.05, 0.1) is 11.1 Å². The van der Waals surface area contributed by atoms with E-state index in [1.807, 2.05) is 0 Å². The maximum atomic E-state index is 10.6. The van der Waals surface area contributed by atoms with Crippen LogP contribution in [0.5, 0.6) is 0 Å². The van der Waals surface area contributed by atoms with Crippen LogP contribution in [0.1, 0.15) is 39.1 Å². The third kappa shape index (κ3) is 3.85. The molecular formula is C13H17NO4. The Bertz CT molecular complexity index is 399. The minimum absolute atomic E-state index is 0.0277. The van der Waals surface area contributed by atoms with Crippen LogP contribution in [0.3, 0.4) is 0 Å². The van der Waals surface area contributed by atoms with Crippen molar-refractivity contribution in [1.82, 2.24) is 5.32 Å². The quantitative estimate of drug-likeness (QED) is 0.745. The van der Waals surface area contributed by atoms with E-state index in [0.717, 1.165) is 0 Å². The monoisotopic (exact) mass is 251 g/mol. The van der Waals surface area contributed by atoms with Crippen LogP contribution < -0.4 is 5.32 Å². The predicted molar refractivity (Wildman–Crippen MR) is 67.2 cm³/mol. The molecule has 0 aromatic heterocycles. The van der Waals surface area contributed by atoms with Crippen molar-refractivity contribution in [3.8, 4) is 0 Å². The molecule has 1 aromatic carbocycles. The summed E-state index contributed by atoms with van der Waals surface area (Å²) in [5.74, 6) is -2.22. The lowest BCUT2D eigenvalue weighted by Gasteiger charge is -2.03. The summed E-state index contributed by atoms with van der Waals surface area (Å²) in [6, 6.07) is 4.17. The zero-order valence-corrected chi connectivity index (χ0v) is 10.3. The first-order valence-electron chi connectivity index (χ1n) is 5.81. The standard InChI is InChI=1S/C9H8O4.C4H9N/c1-5-6(8(10)11)3-2-4-7(5)9(12)13;1-2-4-5-3-1/h2-4H,1H3,(H,10,11)(H,12,13);5H,1-4H2. The summed E-state index contributed by atoms with van der Waals surface area (Å²) >= 11 is 0. The Morgan fingerprint density at radius 2 is 1.50 bits per heavy atom. The Kier molecular flexibility index (Phi) is 5.32. The number of carbonyl (C=O) groups is 2.